The van der Waals surface area contributed by atoms with Crippen LogP contribution in [-0.4, -0.2) is 37.6 Å². The number of nitro groups is 2. The molecule has 3 aromatic carbocycles. The lowest BCUT2D eigenvalue weighted by Crippen LogP contribution is -2.33. The molecule has 0 aliphatic heterocycles. The Morgan fingerprint density at radius 2 is 1.62 bits per heavy atom. The summed E-state index contributed by atoms with van der Waals surface area (Å²) in [5.74, 6) is -2.85. The van der Waals surface area contributed by atoms with E-state index in [1.165, 1.54) is 49.4 Å². The predicted molar refractivity (Wildman–Crippen MR) is 132 cm³/mol. The Hall–Kier alpha value is -5.59. The van der Waals surface area contributed by atoms with E-state index < -0.39 is 38.8 Å². The third-order valence-electron chi connectivity index (χ3n) is 4.93. The Morgan fingerprint density at radius 3 is 2.27 bits per heavy atom. The summed E-state index contributed by atoms with van der Waals surface area (Å²) < 4.78 is 0. The first kappa shape index (κ1) is 26.0. The lowest BCUT2D eigenvalue weighted by atomic mass is 10.1. The molecule has 3 rings (SSSR count). The van der Waals surface area contributed by atoms with Gasteiger partial charge in [0.15, 0.2) is 5.75 Å². The third-order valence-corrected chi connectivity index (χ3v) is 4.93. The molecule has 0 aromatic heterocycles. The molecule has 37 heavy (non-hydrogen) atoms. The van der Waals surface area contributed by atoms with Crippen molar-refractivity contribution in [1.82, 2.24) is 10.7 Å². The van der Waals surface area contributed by atoms with Gasteiger partial charge in [0.05, 0.1) is 15.6 Å². The van der Waals surface area contributed by atoms with E-state index in [9.17, 15) is 40.0 Å². The van der Waals surface area contributed by atoms with Gasteiger partial charge in [-0.2, -0.15) is 5.10 Å². The molecular weight excluding hydrogens is 486 g/mol. The number of rotatable bonds is 8. The van der Waals surface area contributed by atoms with E-state index in [4.69, 9.17) is 0 Å². The van der Waals surface area contributed by atoms with Crippen LogP contribution in [0.4, 0.5) is 11.4 Å². The van der Waals surface area contributed by atoms with Crippen LogP contribution >= 0.6 is 0 Å². The standard InChI is InChI=1S/C24H19N5O8/c1-14(18-12-20(29(36)37)22(31)13-21(18)30)26-27-24(33)19(25-23(32)16-7-3-2-4-8-16)11-15-6-5-9-17(10-15)28(34)35/h2-13,30-31H,1H3,(H,25,32)(H,27,33)/b19-11-,26-14-. The number of nitrogens with zero attached hydrogens (tertiary/aromatic N) is 3. The van der Waals surface area contributed by atoms with Crippen molar-refractivity contribution in [2.24, 2.45) is 5.10 Å². The van der Waals surface area contributed by atoms with Crippen molar-refractivity contribution in [1.29, 1.82) is 0 Å². The zero-order valence-electron chi connectivity index (χ0n) is 19.1. The van der Waals surface area contributed by atoms with Crippen molar-refractivity contribution >= 4 is 35.0 Å². The fourth-order valence-corrected chi connectivity index (χ4v) is 3.09. The van der Waals surface area contributed by atoms with Gasteiger partial charge in [0, 0.05) is 35.4 Å². The van der Waals surface area contributed by atoms with Gasteiger partial charge in [-0.3, -0.25) is 29.8 Å². The number of benzene rings is 3. The second-order valence-corrected chi connectivity index (χ2v) is 7.48. The van der Waals surface area contributed by atoms with Crippen molar-refractivity contribution in [3.63, 3.8) is 0 Å². The maximum absolute atomic E-state index is 12.9. The van der Waals surface area contributed by atoms with Crippen LogP contribution in [0.2, 0.25) is 0 Å². The highest BCUT2D eigenvalue weighted by molar-refractivity contribution is 6.07. The second kappa shape index (κ2) is 11.2. The van der Waals surface area contributed by atoms with Crippen molar-refractivity contribution in [2.45, 2.75) is 6.92 Å². The van der Waals surface area contributed by atoms with Crippen molar-refractivity contribution < 1.29 is 29.6 Å². The summed E-state index contributed by atoms with van der Waals surface area (Å²) in [6, 6.07) is 15.0. The molecule has 13 nitrogen and oxygen atoms in total. The summed E-state index contributed by atoms with van der Waals surface area (Å²) in [6.07, 6.45) is 1.21. The highest BCUT2D eigenvalue weighted by Crippen LogP contribution is 2.33. The SMILES string of the molecule is C/C(=N/NC(=O)/C(=C/c1cccc([N+](=O)[O-])c1)NC(=O)c1ccccc1)c1cc([N+](=O)[O-])c(O)cc1O. The van der Waals surface area contributed by atoms with Crippen molar-refractivity contribution in [2.75, 3.05) is 0 Å². The zero-order chi connectivity index (χ0) is 27.1. The largest absolute Gasteiger partial charge is 0.507 e. The molecule has 3 aromatic rings. The van der Waals surface area contributed by atoms with Gasteiger partial charge < -0.3 is 15.5 Å². The Kier molecular flexibility index (Phi) is 7.89. The van der Waals surface area contributed by atoms with E-state index in [1.54, 1.807) is 18.2 Å². The fourth-order valence-electron chi connectivity index (χ4n) is 3.09. The van der Waals surface area contributed by atoms with Gasteiger partial charge >= 0.3 is 5.69 Å². The summed E-state index contributed by atoms with van der Waals surface area (Å²) in [7, 11) is 0. The number of carbonyl (C=O) groups is 2. The Balaban J connectivity index is 1.94. The van der Waals surface area contributed by atoms with E-state index in [1.807, 2.05) is 0 Å². The first-order valence-corrected chi connectivity index (χ1v) is 10.4. The van der Waals surface area contributed by atoms with Crippen LogP contribution in [0.5, 0.6) is 11.5 Å². The molecular formula is C24H19N5O8. The number of phenolic OH excluding ortho intramolecular Hbond substituents is 2. The monoisotopic (exact) mass is 505 g/mol. The number of carbonyl (C=O) groups excluding carboxylic acids is 2. The molecule has 2 amide bonds. The molecule has 13 heteroatoms. The van der Waals surface area contributed by atoms with Gasteiger partial charge in [0.1, 0.15) is 11.4 Å². The normalized spacial score (nSPS) is 11.5. The number of nitrogens with one attached hydrogen (secondary N) is 2. The molecule has 188 valence electrons. The molecule has 0 spiro atoms. The fraction of sp³-hybridized carbons (Fsp3) is 0.0417. The molecule has 0 aliphatic carbocycles. The van der Waals surface area contributed by atoms with E-state index in [0.29, 0.717) is 0 Å². The third kappa shape index (κ3) is 6.51. The molecule has 0 aliphatic rings. The van der Waals surface area contributed by atoms with Crippen LogP contribution in [0, 0.1) is 20.2 Å². The molecule has 0 fully saturated rings. The van der Waals surface area contributed by atoms with Gasteiger partial charge in [0.25, 0.3) is 17.5 Å². The molecule has 0 heterocycles. The first-order valence-electron chi connectivity index (χ1n) is 10.4. The molecule has 0 unspecified atom stereocenters. The minimum absolute atomic E-state index is 0.0574. The second-order valence-electron chi connectivity index (χ2n) is 7.48. The van der Waals surface area contributed by atoms with Crippen LogP contribution < -0.4 is 10.7 Å². The zero-order valence-corrected chi connectivity index (χ0v) is 19.1. The van der Waals surface area contributed by atoms with Gasteiger partial charge in [-0.1, -0.05) is 30.3 Å². The number of nitro benzene ring substituents is 2. The minimum Gasteiger partial charge on any atom is -0.507 e. The summed E-state index contributed by atoms with van der Waals surface area (Å²) in [4.78, 5) is 46.3. The van der Waals surface area contributed by atoms with Gasteiger partial charge in [-0.15, -0.1) is 0 Å². The molecule has 4 N–H and O–H groups in total. The van der Waals surface area contributed by atoms with E-state index in [0.717, 1.165) is 12.1 Å². The molecule has 0 saturated heterocycles. The van der Waals surface area contributed by atoms with Gasteiger partial charge in [0.2, 0.25) is 0 Å². The first-order chi connectivity index (χ1) is 17.6. The molecule has 0 saturated carbocycles. The number of aromatic hydroxyl groups is 2. The average Bonchev–Trinajstić information content (AvgIpc) is 2.87. The van der Waals surface area contributed by atoms with Crippen LogP contribution in [0.15, 0.2) is 77.5 Å². The van der Waals surface area contributed by atoms with Crippen LogP contribution in [-0.2, 0) is 4.79 Å². The molecule has 0 bridgehead atoms. The Morgan fingerprint density at radius 1 is 0.919 bits per heavy atom. The summed E-state index contributed by atoms with van der Waals surface area (Å²) in [6.45, 7) is 1.34. The Labute approximate surface area is 208 Å². The van der Waals surface area contributed by atoms with Crippen LogP contribution in [0.25, 0.3) is 6.08 Å². The minimum atomic E-state index is -0.928. The topological polar surface area (TPSA) is 197 Å². The number of hydrogen-bond acceptors (Lipinski definition) is 9. The van der Waals surface area contributed by atoms with Crippen LogP contribution in [0.1, 0.15) is 28.4 Å². The number of amides is 2. The molecule has 0 atom stereocenters. The Bertz CT molecular complexity index is 1450. The number of hydrazone groups is 1. The maximum Gasteiger partial charge on any atom is 0.311 e. The summed E-state index contributed by atoms with van der Waals surface area (Å²) in [5, 5.41) is 48.1. The summed E-state index contributed by atoms with van der Waals surface area (Å²) in [5.41, 5.74) is 1.22. The quantitative estimate of drug-likeness (QED) is 0.155. The maximum atomic E-state index is 12.9. The lowest BCUT2D eigenvalue weighted by Gasteiger charge is -2.10. The van der Waals surface area contributed by atoms with E-state index >= 15 is 0 Å². The van der Waals surface area contributed by atoms with Crippen LogP contribution in [0.3, 0.4) is 0 Å². The van der Waals surface area contributed by atoms with E-state index in [-0.39, 0.29) is 33.8 Å². The molecule has 0 radical (unpaired) electrons. The van der Waals surface area contributed by atoms with Crippen molar-refractivity contribution in [3.05, 3.63) is 109 Å². The summed E-state index contributed by atoms with van der Waals surface area (Å²) >= 11 is 0. The van der Waals surface area contributed by atoms with E-state index in [2.05, 4.69) is 15.8 Å². The highest BCUT2D eigenvalue weighted by atomic mass is 16.6. The predicted octanol–water partition coefficient (Wildman–Crippen LogP) is 3.23. The van der Waals surface area contributed by atoms with Gasteiger partial charge in [-0.25, -0.2) is 5.43 Å². The van der Waals surface area contributed by atoms with Gasteiger partial charge in [-0.05, 0) is 30.7 Å². The smallest absolute Gasteiger partial charge is 0.311 e. The van der Waals surface area contributed by atoms with Crippen molar-refractivity contribution in [3.8, 4) is 11.5 Å². The number of non-ortho nitro benzene ring substituents is 1. The average molecular weight is 505 g/mol. The highest BCUT2D eigenvalue weighted by Gasteiger charge is 2.20. The lowest BCUT2D eigenvalue weighted by molar-refractivity contribution is -0.385. The number of hydrogen-bond donors (Lipinski definition) is 4. The number of phenols is 2.